The van der Waals surface area contributed by atoms with Gasteiger partial charge in [0, 0.05) is 6.07 Å². The molecular weight excluding hydrogens is 338 g/mol. The summed E-state index contributed by atoms with van der Waals surface area (Å²) < 4.78 is 1.25. The van der Waals surface area contributed by atoms with E-state index in [0.29, 0.717) is 17.4 Å². The van der Waals surface area contributed by atoms with Crippen molar-refractivity contribution in [3.63, 3.8) is 0 Å². The topological polar surface area (TPSA) is 83.6 Å². The third kappa shape index (κ3) is 3.80. The molecular formula is C17H17N5O2S. The minimum absolute atomic E-state index is 0.0321. The van der Waals surface area contributed by atoms with Crippen LogP contribution >= 0.6 is 11.8 Å². The van der Waals surface area contributed by atoms with Crippen molar-refractivity contribution in [2.24, 2.45) is 0 Å². The minimum atomic E-state index is -0.167. The Morgan fingerprint density at radius 3 is 2.80 bits per heavy atom. The van der Waals surface area contributed by atoms with Gasteiger partial charge in [-0.3, -0.25) is 4.79 Å². The van der Waals surface area contributed by atoms with Crippen LogP contribution in [-0.2, 0) is 17.8 Å². The number of thioether (sulfide) groups is 1. The zero-order chi connectivity index (χ0) is 17.8. The number of rotatable bonds is 6. The van der Waals surface area contributed by atoms with E-state index < -0.39 is 0 Å². The molecule has 0 saturated carbocycles. The molecule has 0 atom stereocenters. The van der Waals surface area contributed by atoms with Crippen molar-refractivity contribution in [1.29, 1.82) is 0 Å². The van der Waals surface area contributed by atoms with Crippen LogP contribution in [0.15, 0.2) is 54.3 Å². The Hall–Kier alpha value is -2.87. The lowest BCUT2D eigenvalue weighted by molar-refractivity contribution is -0.128. The van der Waals surface area contributed by atoms with Crippen LogP contribution in [0.4, 0.5) is 0 Å². The van der Waals surface area contributed by atoms with Gasteiger partial charge in [-0.1, -0.05) is 48.7 Å². The fourth-order valence-corrected chi connectivity index (χ4v) is 2.69. The van der Waals surface area contributed by atoms with Gasteiger partial charge in [0.25, 0.3) is 5.78 Å². The summed E-state index contributed by atoms with van der Waals surface area (Å²) in [6.45, 7) is 4.14. The van der Waals surface area contributed by atoms with E-state index in [1.807, 2.05) is 36.6 Å². The summed E-state index contributed by atoms with van der Waals surface area (Å²) in [5, 5.41) is 14.7. The van der Waals surface area contributed by atoms with Crippen molar-refractivity contribution in [2.75, 3.05) is 6.26 Å². The molecule has 128 valence electrons. The highest BCUT2D eigenvalue weighted by Gasteiger charge is 2.16. The SMILES string of the molecule is C=CN(Cc1ccccc1)C(=O)Cc1cc(O)n2nc(SC)nc2n1. The summed E-state index contributed by atoms with van der Waals surface area (Å²) >= 11 is 1.35. The number of carbonyl (C=O) groups excluding carboxylic acids is 1. The van der Waals surface area contributed by atoms with Crippen LogP contribution in [0.3, 0.4) is 0 Å². The molecule has 0 bridgehead atoms. The number of hydrogen-bond donors (Lipinski definition) is 1. The molecule has 2 aromatic heterocycles. The average Bonchev–Trinajstić information content (AvgIpc) is 3.04. The molecule has 0 saturated heterocycles. The van der Waals surface area contributed by atoms with Crippen LogP contribution in [0.2, 0.25) is 0 Å². The smallest absolute Gasteiger partial charge is 0.256 e. The van der Waals surface area contributed by atoms with Crippen molar-refractivity contribution in [3.8, 4) is 5.88 Å². The lowest BCUT2D eigenvalue weighted by atomic mass is 10.2. The number of aromatic hydroxyl groups is 1. The van der Waals surface area contributed by atoms with E-state index in [-0.39, 0.29) is 24.0 Å². The Balaban J connectivity index is 1.79. The molecule has 0 aliphatic carbocycles. The van der Waals surface area contributed by atoms with Gasteiger partial charge in [-0.15, -0.1) is 5.10 Å². The van der Waals surface area contributed by atoms with Gasteiger partial charge in [0.1, 0.15) is 0 Å². The molecule has 3 rings (SSSR count). The van der Waals surface area contributed by atoms with Gasteiger partial charge >= 0.3 is 0 Å². The van der Waals surface area contributed by atoms with E-state index in [1.54, 1.807) is 0 Å². The third-order valence-corrected chi connectivity index (χ3v) is 4.12. The van der Waals surface area contributed by atoms with Crippen molar-refractivity contribution < 1.29 is 9.90 Å². The molecule has 1 N–H and O–H groups in total. The molecule has 3 aromatic rings. The van der Waals surface area contributed by atoms with E-state index >= 15 is 0 Å². The molecule has 0 aliphatic rings. The molecule has 0 radical (unpaired) electrons. The van der Waals surface area contributed by atoms with Crippen molar-refractivity contribution in [3.05, 3.63) is 60.4 Å². The van der Waals surface area contributed by atoms with Crippen LogP contribution < -0.4 is 0 Å². The Morgan fingerprint density at radius 1 is 1.36 bits per heavy atom. The predicted octanol–water partition coefficient (Wildman–Crippen LogP) is 2.27. The van der Waals surface area contributed by atoms with Crippen LogP contribution in [0, 0.1) is 0 Å². The molecule has 25 heavy (non-hydrogen) atoms. The van der Waals surface area contributed by atoms with E-state index in [2.05, 4.69) is 21.6 Å². The largest absolute Gasteiger partial charge is 0.493 e. The predicted molar refractivity (Wildman–Crippen MR) is 95.1 cm³/mol. The quantitative estimate of drug-likeness (QED) is 0.683. The Labute approximate surface area is 149 Å². The second kappa shape index (κ2) is 7.35. The van der Waals surface area contributed by atoms with Crippen LogP contribution in [0.5, 0.6) is 5.88 Å². The lowest BCUT2D eigenvalue weighted by Crippen LogP contribution is -2.27. The number of amides is 1. The molecule has 1 amide bonds. The van der Waals surface area contributed by atoms with Gasteiger partial charge in [-0.05, 0) is 18.0 Å². The molecule has 2 heterocycles. The van der Waals surface area contributed by atoms with Gasteiger partial charge in [0.05, 0.1) is 18.7 Å². The van der Waals surface area contributed by atoms with Crippen LogP contribution in [0.25, 0.3) is 5.78 Å². The second-order valence-electron chi connectivity index (χ2n) is 5.28. The number of hydrogen-bond acceptors (Lipinski definition) is 6. The maximum absolute atomic E-state index is 12.5. The fraction of sp³-hybridized carbons (Fsp3) is 0.176. The summed E-state index contributed by atoms with van der Waals surface area (Å²) in [7, 11) is 0. The Kier molecular flexibility index (Phi) is 4.99. The number of fused-ring (bicyclic) bond motifs is 1. The first-order valence-corrected chi connectivity index (χ1v) is 8.79. The highest BCUT2D eigenvalue weighted by Crippen LogP contribution is 2.17. The van der Waals surface area contributed by atoms with Crippen molar-refractivity contribution in [1.82, 2.24) is 24.5 Å². The van der Waals surface area contributed by atoms with Crippen molar-refractivity contribution in [2.45, 2.75) is 18.1 Å². The molecule has 0 fully saturated rings. The summed E-state index contributed by atoms with van der Waals surface area (Å²) in [4.78, 5) is 22.6. The molecule has 7 nitrogen and oxygen atoms in total. The molecule has 0 aliphatic heterocycles. The standard InChI is InChI=1S/C17H17N5O2S/c1-3-21(11-12-7-5-4-6-8-12)14(23)9-13-10-15(24)22-16(18-13)19-17(20-22)25-2/h3-8,10,24H,1,9,11H2,2H3. The fourth-order valence-electron chi connectivity index (χ4n) is 2.35. The number of carbonyl (C=O) groups is 1. The molecule has 8 heteroatoms. The number of aromatic nitrogens is 4. The molecule has 0 unspecified atom stereocenters. The zero-order valence-corrected chi connectivity index (χ0v) is 14.5. The van der Waals surface area contributed by atoms with Gasteiger partial charge in [0.2, 0.25) is 16.9 Å². The van der Waals surface area contributed by atoms with E-state index in [4.69, 9.17) is 0 Å². The normalized spacial score (nSPS) is 10.8. The minimum Gasteiger partial charge on any atom is -0.493 e. The summed E-state index contributed by atoms with van der Waals surface area (Å²) in [5.74, 6) is -0.00566. The first-order valence-electron chi connectivity index (χ1n) is 7.56. The highest BCUT2D eigenvalue weighted by molar-refractivity contribution is 7.98. The summed E-state index contributed by atoms with van der Waals surface area (Å²) in [5.41, 5.74) is 1.43. The maximum Gasteiger partial charge on any atom is 0.256 e. The first-order chi connectivity index (χ1) is 12.1. The van der Waals surface area contributed by atoms with Crippen LogP contribution in [0.1, 0.15) is 11.3 Å². The van der Waals surface area contributed by atoms with E-state index in [0.717, 1.165) is 5.56 Å². The summed E-state index contributed by atoms with van der Waals surface area (Å²) in [6.07, 6.45) is 3.36. The maximum atomic E-state index is 12.5. The average molecular weight is 355 g/mol. The van der Waals surface area contributed by atoms with Gasteiger partial charge < -0.3 is 10.0 Å². The number of nitrogens with zero attached hydrogens (tertiary/aromatic N) is 5. The summed E-state index contributed by atoms with van der Waals surface area (Å²) in [6, 6.07) is 11.1. The Morgan fingerprint density at radius 2 is 2.12 bits per heavy atom. The van der Waals surface area contributed by atoms with Gasteiger partial charge in [-0.2, -0.15) is 9.50 Å². The van der Waals surface area contributed by atoms with Crippen molar-refractivity contribution >= 4 is 23.4 Å². The van der Waals surface area contributed by atoms with E-state index in [9.17, 15) is 9.90 Å². The zero-order valence-electron chi connectivity index (χ0n) is 13.7. The Bertz CT molecular complexity index is 910. The number of benzene rings is 1. The second-order valence-corrected chi connectivity index (χ2v) is 6.06. The van der Waals surface area contributed by atoms with E-state index in [1.165, 1.54) is 33.4 Å². The highest BCUT2D eigenvalue weighted by atomic mass is 32.2. The third-order valence-electron chi connectivity index (χ3n) is 3.58. The lowest BCUT2D eigenvalue weighted by Gasteiger charge is -2.18. The first kappa shape index (κ1) is 17.0. The molecule has 1 aromatic carbocycles. The van der Waals surface area contributed by atoms with Gasteiger partial charge in [0.15, 0.2) is 0 Å². The molecule has 0 spiro atoms. The van der Waals surface area contributed by atoms with Gasteiger partial charge in [-0.25, -0.2) is 4.98 Å². The van der Waals surface area contributed by atoms with Crippen LogP contribution in [-0.4, -0.2) is 41.8 Å². The monoisotopic (exact) mass is 355 g/mol.